The Balaban J connectivity index is 1.59. The maximum atomic E-state index is 12.0. The fourth-order valence-corrected chi connectivity index (χ4v) is 3.36. The zero-order valence-corrected chi connectivity index (χ0v) is 16.2. The molecule has 0 saturated carbocycles. The number of amides is 1. The van der Waals surface area contributed by atoms with Crippen molar-refractivity contribution in [3.63, 3.8) is 0 Å². The van der Waals surface area contributed by atoms with E-state index in [9.17, 15) is 4.79 Å². The molecule has 1 amide bonds. The number of furan rings is 1. The minimum absolute atomic E-state index is 0.254. The Hall–Kier alpha value is -1.92. The fourth-order valence-electron chi connectivity index (χ4n) is 1.97. The Morgan fingerprint density at radius 3 is 2.46 bits per heavy atom. The van der Waals surface area contributed by atoms with Gasteiger partial charge in [0, 0.05) is 14.9 Å². The van der Waals surface area contributed by atoms with Gasteiger partial charge in [0.2, 0.25) is 0 Å². The predicted molar refractivity (Wildman–Crippen MR) is 106 cm³/mol. The summed E-state index contributed by atoms with van der Waals surface area (Å²) in [6, 6.07) is 15.6. The molecule has 1 N–H and O–H groups in total. The zero-order chi connectivity index (χ0) is 18.5. The summed E-state index contributed by atoms with van der Waals surface area (Å²) in [5.74, 6) is 0.0641. The fraction of sp³-hybridized carbons (Fsp3) is 0. The number of carbonyl (C=O) groups is 1. The van der Waals surface area contributed by atoms with E-state index in [4.69, 9.17) is 39.2 Å². The molecule has 1 heterocycles. The van der Waals surface area contributed by atoms with Gasteiger partial charge in [-0.3, -0.25) is 4.79 Å². The minimum atomic E-state index is -0.440. The first-order chi connectivity index (χ1) is 12.5. The van der Waals surface area contributed by atoms with Crippen molar-refractivity contribution in [3.05, 3.63) is 81.0 Å². The lowest BCUT2D eigenvalue weighted by molar-refractivity contribution is 0.0955. The molecule has 0 unspecified atom stereocenters. The summed E-state index contributed by atoms with van der Waals surface area (Å²) in [7, 11) is 0. The van der Waals surface area contributed by atoms with Crippen molar-refractivity contribution in [1.82, 2.24) is 5.43 Å². The number of halogens is 3. The quantitative estimate of drug-likeness (QED) is 0.394. The molecule has 0 bridgehead atoms. The molecular formula is C18H11Cl3N2O2S. The largest absolute Gasteiger partial charge is 0.448 e. The van der Waals surface area contributed by atoms with Gasteiger partial charge < -0.3 is 4.42 Å². The molecule has 1 aromatic heterocycles. The summed E-state index contributed by atoms with van der Waals surface area (Å²) in [5.41, 5.74) is 2.68. The molecule has 0 fully saturated rings. The number of nitrogens with one attached hydrogen (secondary N) is 1. The lowest BCUT2D eigenvalue weighted by Crippen LogP contribution is -2.17. The monoisotopic (exact) mass is 424 g/mol. The van der Waals surface area contributed by atoms with Crippen LogP contribution >= 0.6 is 46.6 Å². The third-order valence-corrected chi connectivity index (χ3v) is 4.90. The molecule has 0 atom stereocenters. The summed E-state index contributed by atoms with van der Waals surface area (Å²) in [6.07, 6.45) is 1.41. The number of rotatable bonds is 5. The molecular weight excluding hydrogens is 415 g/mol. The molecule has 0 saturated heterocycles. The number of hydrazone groups is 1. The first kappa shape index (κ1) is 18.9. The van der Waals surface area contributed by atoms with Crippen LogP contribution in [-0.2, 0) is 0 Å². The molecule has 0 aliphatic rings. The number of hydrogen-bond donors (Lipinski definition) is 1. The van der Waals surface area contributed by atoms with E-state index >= 15 is 0 Å². The van der Waals surface area contributed by atoms with E-state index < -0.39 is 5.91 Å². The number of carbonyl (C=O) groups excluding carboxylic acids is 1. The van der Waals surface area contributed by atoms with Crippen molar-refractivity contribution in [2.45, 2.75) is 9.99 Å². The lowest BCUT2D eigenvalue weighted by Gasteiger charge is -2.02. The van der Waals surface area contributed by atoms with Gasteiger partial charge in [-0.05, 0) is 54.6 Å². The highest BCUT2D eigenvalue weighted by atomic mass is 35.5. The average Bonchev–Trinajstić information content (AvgIpc) is 3.04. The van der Waals surface area contributed by atoms with Crippen LogP contribution in [0.25, 0.3) is 0 Å². The van der Waals surface area contributed by atoms with Crippen LogP contribution in [0, 0.1) is 0 Å². The second-order valence-corrected chi connectivity index (χ2v) is 7.39. The van der Waals surface area contributed by atoms with E-state index in [1.54, 1.807) is 12.1 Å². The number of hydrogen-bond acceptors (Lipinski definition) is 4. The minimum Gasteiger partial charge on any atom is -0.448 e. The third-order valence-electron chi connectivity index (χ3n) is 3.17. The zero-order valence-electron chi connectivity index (χ0n) is 13.1. The van der Waals surface area contributed by atoms with Crippen LogP contribution in [0.3, 0.4) is 0 Å². The maximum absolute atomic E-state index is 12.0. The topological polar surface area (TPSA) is 54.6 Å². The molecule has 8 heteroatoms. The summed E-state index contributed by atoms with van der Waals surface area (Å²) >= 11 is 19.1. The Bertz CT molecular complexity index is 955. The van der Waals surface area contributed by atoms with E-state index in [0.717, 1.165) is 4.90 Å². The Morgan fingerprint density at radius 2 is 1.73 bits per heavy atom. The van der Waals surface area contributed by atoms with Gasteiger partial charge in [-0.2, -0.15) is 5.10 Å². The summed E-state index contributed by atoms with van der Waals surface area (Å²) in [6.45, 7) is 0. The SMILES string of the molecule is O=C(NN=Cc1ccc(Sc2ccc(Cl)cc2)o1)c1ccc(Cl)cc1Cl. The highest BCUT2D eigenvalue weighted by Crippen LogP contribution is 2.29. The molecule has 0 aliphatic carbocycles. The molecule has 3 aromatic rings. The highest BCUT2D eigenvalue weighted by molar-refractivity contribution is 7.99. The number of benzene rings is 2. The van der Waals surface area contributed by atoms with E-state index in [0.29, 0.717) is 20.9 Å². The first-order valence-electron chi connectivity index (χ1n) is 7.33. The van der Waals surface area contributed by atoms with Crippen molar-refractivity contribution in [1.29, 1.82) is 0 Å². The molecule has 0 aliphatic heterocycles. The molecule has 26 heavy (non-hydrogen) atoms. The summed E-state index contributed by atoms with van der Waals surface area (Å²) in [5, 5.41) is 5.96. The Kier molecular flexibility index (Phi) is 6.27. The second-order valence-electron chi connectivity index (χ2n) is 5.04. The van der Waals surface area contributed by atoms with Gasteiger partial charge in [-0.25, -0.2) is 5.43 Å². The van der Waals surface area contributed by atoms with Crippen molar-refractivity contribution >= 4 is 58.7 Å². The van der Waals surface area contributed by atoms with Crippen LogP contribution in [0.1, 0.15) is 16.1 Å². The second kappa shape index (κ2) is 8.64. The molecule has 4 nitrogen and oxygen atoms in total. The van der Waals surface area contributed by atoms with Crippen LogP contribution in [0.4, 0.5) is 0 Å². The highest BCUT2D eigenvalue weighted by Gasteiger charge is 2.10. The Morgan fingerprint density at radius 1 is 1.00 bits per heavy atom. The van der Waals surface area contributed by atoms with Crippen molar-refractivity contribution in [3.8, 4) is 0 Å². The van der Waals surface area contributed by atoms with Crippen molar-refractivity contribution in [2.75, 3.05) is 0 Å². The lowest BCUT2D eigenvalue weighted by atomic mass is 10.2. The van der Waals surface area contributed by atoms with E-state index in [-0.39, 0.29) is 10.6 Å². The van der Waals surface area contributed by atoms with Gasteiger partial charge in [0.25, 0.3) is 5.91 Å². The van der Waals surface area contributed by atoms with Gasteiger partial charge >= 0.3 is 0 Å². The molecule has 0 spiro atoms. The molecule has 3 rings (SSSR count). The normalized spacial score (nSPS) is 11.0. The van der Waals surface area contributed by atoms with Gasteiger partial charge in [-0.15, -0.1) is 0 Å². The average molecular weight is 426 g/mol. The molecule has 2 aromatic carbocycles. The third kappa shape index (κ3) is 5.05. The predicted octanol–water partition coefficient (Wildman–Crippen LogP) is 6.15. The van der Waals surface area contributed by atoms with Crippen LogP contribution in [-0.4, -0.2) is 12.1 Å². The van der Waals surface area contributed by atoms with Gasteiger partial charge in [0.05, 0.1) is 16.8 Å². The summed E-state index contributed by atoms with van der Waals surface area (Å²) in [4.78, 5) is 13.0. The van der Waals surface area contributed by atoms with Gasteiger partial charge in [-0.1, -0.05) is 46.6 Å². The van der Waals surface area contributed by atoms with E-state index in [2.05, 4.69) is 10.5 Å². The van der Waals surface area contributed by atoms with Crippen LogP contribution in [0.15, 0.2) is 74.1 Å². The molecule has 132 valence electrons. The first-order valence-corrected chi connectivity index (χ1v) is 9.28. The van der Waals surface area contributed by atoms with Crippen molar-refractivity contribution < 1.29 is 9.21 Å². The van der Waals surface area contributed by atoms with Gasteiger partial charge in [0.1, 0.15) is 5.76 Å². The van der Waals surface area contributed by atoms with E-state index in [1.807, 2.05) is 30.3 Å². The Labute approximate surface area is 169 Å². The van der Waals surface area contributed by atoms with Crippen LogP contribution < -0.4 is 5.43 Å². The maximum Gasteiger partial charge on any atom is 0.272 e. The van der Waals surface area contributed by atoms with Crippen LogP contribution in [0.2, 0.25) is 15.1 Å². The van der Waals surface area contributed by atoms with Crippen LogP contribution in [0.5, 0.6) is 0 Å². The van der Waals surface area contributed by atoms with E-state index in [1.165, 1.54) is 30.1 Å². The molecule has 0 radical (unpaired) electrons. The van der Waals surface area contributed by atoms with Crippen molar-refractivity contribution in [2.24, 2.45) is 5.10 Å². The van der Waals surface area contributed by atoms with Gasteiger partial charge in [0.15, 0.2) is 5.09 Å². The summed E-state index contributed by atoms with van der Waals surface area (Å²) < 4.78 is 5.63. The standard InChI is InChI=1S/C18H11Cl3N2O2S/c19-11-1-5-14(6-2-11)26-17-8-4-13(25-17)10-22-23-18(24)15-7-3-12(20)9-16(15)21/h1-10H,(H,23,24). The number of nitrogens with zero attached hydrogens (tertiary/aromatic N) is 1. The smallest absolute Gasteiger partial charge is 0.272 e.